The summed E-state index contributed by atoms with van der Waals surface area (Å²) in [6.45, 7) is 0.425. The van der Waals surface area contributed by atoms with Gasteiger partial charge in [-0.15, -0.1) is 0 Å². The Morgan fingerprint density at radius 2 is 2.00 bits per heavy atom. The monoisotopic (exact) mass is 304 g/mol. The summed E-state index contributed by atoms with van der Waals surface area (Å²) in [7, 11) is 3.32. The highest BCUT2D eigenvalue weighted by Gasteiger charge is 2.17. The summed E-state index contributed by atoms with van der Waals surface area (Å²) in [6.07, 6.45) is 0. The maximum atomic E-state index is 12.5. The number of carbonyl (C=O) groups excluding carboxylic acids is 1. The maximum absolute atomic E-state index is 12.5. The molecule has 0 aliphatic carbocycles. The Hall–Kier alpha value is -2.20. The molecule has 0 saturated heterocycles. The van der Waals surface area contributed by atoms with Crippen LogP contribution in [0.1, 0.15) is 15.9 Å². The Bertz CT molecular complexity index is 658. The third-order valence-corrected chi connectivity index (χ3v) is 3.50. The number of hydrogen-bond acceptors (Lipinski definition) is 3. The third kappa shape index (κ3) is 3.47. The molecule has 5 heteroatoms. The van der Waals surface area contributed by atoms with Crippen molar-refractivity contribution in [2.75, 3.05) is 19.9 Å². The fourth-order valence-electron chi connectivity index (χ4n) is 2.07. The lowest BCUT2D eigenvalue weighted by Crippen LogP contribution is -2.26. The molecule has 2 rings (SSSR count). The largest absolute Gasteiger partial charge is 0.496 e. The number of halogens is 1. The molecule has 0 bridgehead atoms. The van der Waals surface area contributed by atoms with Gasteiger partial charge in [0.25, 0.3) is 5.91 Å². The first-order valence-corrected chi connectivity index (χ1v) is 6.83. The summed E-state index contributed by atoms with van der Waals surface area (Å²) in [5.74, 6) is 0.564. The Kier molecular flexibility index (Phi) is 4.70. The number of nitrogens with zero attached hydrogens (tertiary/aromatic N) is 1. The average molecular weight is 305 g/mol. The second kappa shape index (κ2) is 6.50. The SMILES string of the molecule is COc1ccccc1CN(C)C(=O)c1cc(N)ccc1Cl. The molecule has 110 valence electrons. The topological polar surface area (TPSA) is 55.6 Å². The van der Waals surface area contributed by atoms with Gasteiger partial charge >= 0.3 is 0 Å². The van der Waals surface area contributed by atoms with E-state index in [1.807, 2.05) is 24.3 Å². The second-order valence-electron chi connectivity index (χ2n) is 4.71. The van der Waals surface area contributed by atoms with E-state index in [2.05, 4.69) is 0 Å². The van der Waals surface area contributed by atoms with Crippen molar-refractivity contribution in [1.82, 2.24) is 4.90 Å². The number of ether oxygens (including phenoxy) is 1. The van der Waals surface area contributed by atoms with Gasteiger partial charge in [0, 0.05) is 24.8 Å². The molecule has 2 aromatic rings. The molecule has 0 heterocycles. The van der Waals surface area contributed by atoms with Crippen molar-refractivity contribution in [3.05, 3.63) is 58.6 Å². The Morgan fingerprint density at radius 3 is 2.71 bits per heavy atom. The first-order valence-electron chi connectivity index (χ1n) is 6.45. The van der Waals surface area contributed by atoms with E-state index < -0.39 is 0 Å². The zero-order chi connectivity index (χ0) is 15.4. The van der Waals surface area contributed by atoms with E-state index in [4.69, 9.17) is 22.1 Å². The summed E-state index contributed by atoms with van der Waals surface area (Å²) < 4.78 is 5.29. The molecule has 4 nitrogen and oxygen atoms in total. The molecule has 0 unspecified atom stereocenters. The molecule has 0 aliphatic rings. The second-order valence-corrected chi connectivity index (χ2v) is 5.12. The summed E-state index contributed by atoms with van der Waals surface area (Å²) in [6, 6.07) is 12.5. The van der Waals surface area contributed by atoms with Gasteiger partial charge < -0.3 is 15.4 Å². The maximum Gasteiger partial charge on any atom is 0.255 e. The van der Waals surface area contributed by atoms with Crippen LogP contribution in [-0.2, 0) is 6.54 Å². The minimum Gasteiger partial charge on any atom is -0.496 e. The standard InChI is InChI=1S/C16H17ClN2O2/c1-19(10-11-5-3-4-6-15(11)21-2)16(20)13-9-12(18)7-8-14(13)17/h3-9H,10,18H2,1-2H3. The lowest BCUT2D eigenvalue weighted by atomic mass is 10.1. The van der Waals surface area contributed by atoms with Gasteiger partial charge in [0.05, 0.1) is 17.7 Å². The quantitative estimate of drug-likeness (QED) is 0.883. The van der Waals surface area contributed by atoms with Crippen molar-refractivity contribution in [3.8, 4) is 5.75 Å². The van der Waals surface area contributed by atoms with E-state index in [0.717, 1.165) is 11.3 Å². The zero-order valence-corrected chi connectivity index (χ0v) is 12.7. The lowest BCUT2D eigenvalue weighted by Gasteiger charge is -2.19. The van der Waals surface area contributed by atoms with Crippen LogP contribution in [0, 0.1) is 0 Å². The number of carbonyl (C=O) groups is 1. The molecule has 0 radical (unpaired) electrons. The first kappa shape index (κ1) is 15.2. The number of nitrogens with two attached hydrogens (primary N) is 1. The molecule has 0 saturated carbocycles. The van der Waals surface area contributed by atoms with E-state index in [1.165, 1.54) is 0 Å². The van der Waals surface area contributed by atoms with Crippen LogP contribution in [0.5, 0.6) is 5.75 Å². The molecule has 21 heavy (non-hydrogen) atoms. The van der Waals surface area contributed by atoms with E-state index in [9.17, 15) is 4.79 Å². The van der Waals surface area contributed by atoms with Crippen LogP contribution in [0.25, 0.3) is 0 Å². The molecule has 0 aliphatic heterocycles. The molecule has 0 fully saturated rings. The molecule has 0 aromatic heterocycles. The lowest BCUT2D eigenvalue weighted by molar-refractivity contribution is 0.0784. The van der Waals surface area contributed by atoms with E-state index in [-0.39, 0.29) is 5.91 Å². The molecule has 1 amide bonds. The Morgan fingerprint density at radius 1 is 1.29 bits per heavy atom. The highest BCUT2D eigenvalue weighted by molar-refractivity contribution is 6.33. The van der Waals surface area contributed by atoms with Gasteiger partial charge in [-0.05, 0) is 24.3 Å². The Balaban J connectivity index is 2.22. The number of methoxy groups -OCH3 is 1. The van der Waals surface area contributed by atoms with E-state index in [1.54, 1.807) is 37.3 Å². The van der Waals surface area contributed by atoms with Crippen LogP contribution in [0.3, 0.4) is 0 Å². The number of rotatable bonds is 4. The normalized spacial score (nSPS) is 10.2. The number of amides is 1. The zero-order valence-electron chi connectivity index (χ0n) is 12.0. The molecule has 0 atom stereocenters. The van der Waals surface area contributed by atoms with E-state index in [0.29, 0.717) is 22.8 Å². The minimum atomic E-state index is -0.182. The highest BCUT2D eigenvalue weighted by Crippen LogP contribution is 2.23. The molecular weight excluding hydrogens is 288 g/mol. The van der Waals surface area contributed by atoms with Crippen molar-refractivity contribution >= 4 is 23.2 Å². The van der Waals surface area contributed by atoms with Crippen molar-refractivity contribution in [1.29, 1.82) is 0 Å². The number of anilines is 1. The molecular formula is C16H17ClN2O2. The van der Waals surface area contributed by atoms with Crippen LogP contribution in [-0.4, -0.2) is 25.0 Å². The molecule has 0 spiro atoms. The fraction of sp³-hybridized carbons (Fsp3) is 0.188. The number of benzene rings is 2. The summed E-state index contributed by atoms with van der Waals surface area (Å²) in [4.78, 5) is 14.0. The molecule has 2 aromatic carbocycles. The van der Waals surface area contributed by atoms with Gasteiger partial charge in [-0.25, -0.2) is 0 Å². The van der Waals surface area contributed by atoms with Gasteiger partial charge in [-0.3, -0.25) is 4.79 Å². The van der Waals surface area contributed by atoms with Crippen molar-refractivity contribution in [2.45, 2.75) is 6.54 Å². The predicted molar refractivity (Wildman–Crippen MR) is 84.7 cm³/mol. The molecule has 2 N–H and O–H groups in total. The van der Waals surface area contributed by atoms with Crippen molar-refractivity contribution in [2.24, 2.45) is 0 Å². The van der Waals surface area contributed by atoms with Crippen molar-refractivity contribution < 1.29 is 9.53 Å². The van der Waals surface area contributed by atoms with Gasteiger partial charge in [0.15, 0.2) is 0 Å². The van der Waals surface area contributed by atoms with Gasteiger partial charge in [-0.2, -0.15) is 0 Å². The number of hydrogen-bond donors (Lipinski definition) is 1. The fourth-order valence-corrected chi connectivity index (χ4v) is 2.27. The van der Waals surface area contributed by atoms with Crippen LogP contribution >= 0.6 is 11.6 Å². The first-order chi connectivity index (χ1) is 10.0. The van der Waals surface area contributed by atoms with Gasteiger partial charge in [-0.1, -0.05) is 29.8 Å². The summed E-state index contributed by atoms with van der Waals surface area (Å²) in [5.41, 5.74) is 7.55. The minimum absolute atomic E-state index is 0.182. The van der Waals surface area contributed by atoms with Crippen LogP contribution in [0.4, 0.5) is 5.69 Å². The Labute approximate surface area is 129 Å². The number of nitrogen functional groups attached to an aromatic ring is 1. The van der Waals surface area contributed by atoms with Gasteiger partial charge in [0.1, 0.15) is 5.75 Å². The summed E-state index contributed by atoms with van der Waals surface area (Å²) in [5, 5.41) is 0.390. The van der Waals surface area contributed by atoms with Crippen molar-refractivity contribution in [3.63, 3.8) is 0 Å². The highest BCUT2D eigenvalue weighted by atomic mass is 35.5. The van der Waals surface area contributed by atoms with Crippen LogP contribution < -0.4 is 10.5 Å². The van der Waals surface area contributed by atoms with Crippen LogP contribution in [0.2, 0.25) is 5.02 Å². The summed E-state index contributed by atoms with van der Waals surface area (Å²) >= 11 is 6.07. The smallest absolute Gasteiger partial charge is 0.255 e. The van der Waals surface area contributed by atoms with Gasteiger partial charge in [0.2, 0.25) is 0 Å². The number of para-hydroxylation sites is 1. The average Bonchev–Trinajstić information content (AvgIpc) is 2.49. The van der Waals surface area contributed by atoms with E-state index >= 15 is 0 Å². The van der Waals surface area contributed by atoms with Crippen LogP contribution in [0.15, 0.2) is 42.5 Å². The third-order valence-electron chi connectivity index (χ3n) is 3.17. The predicted octanol–water partition coefficient (Wildman–Crippen LogP) is 3.20.